The molecule has 1 aromatic rings. The number of rotatable bonds is 5. The summed E-state index contributed by atoms with van der Waals surface area (Å²) in [5.41, 5.74) is 6.39. The number of nitrogens with two attached hydrogens (primary N) is 1. The van der Waals surface area contributed by atoms with Crippen LogP contribution in [0, 0.1) is 12.7 Å². The van der Waals surface area contributed by atoms with E-state index in [9.17, 15) is 9.18 Å². The first-order valence-electron chi connectivity index (χ1n) is 6.20. The third-order valence-corrected chi connectivity index (χ3v) is 3.32. The summed E-state index contributed by atoms with van der Waals surface area (Å²) in [4.78, 5) is 12.2. The van der Waals surface area contributed by atoms with Crippen LogP contribution in [-0.2, 0) is 0 Å². The first-order valence-corrected chi connectivity index (χ1v) is 6.20. The summed E-state index contributed by atoms with van der Waals surface area (Å²) in [6.07, 6.45) is 1.52. The smallest absolute Gasteiger partial charge is 0.251 e. The minimum atomic E-state index is -0.329. The Hall–Kier alpha value is -1.42. The number of carbonyl (C=O) groups excluding carboxylic acids is 1. The molecular formula is C14H21FN2O. The van der Waals surface area contributed by atoms with Crippen molar-refractivity contribution in [2.24, 2.45) is 5.73 Å². The first kappa shape index (κ1) is 14.6. The molecule has 0 aliphatic carbocycles. The van der Waals surface area contributed by atoms with Gasteiger partial charge in [-0.15, -0.1) is 0 Å². The minimum Gasteiger partial charge on any atom is -0.347 e. The molecule has 3 N–H and O–H groups in total. The van der Waals surface area contributed by atoms with Crippen LogP contribution in [0.25, 0.3) is 0 Å². The van der Waals surface area contributed by atoms with E-state index in [0.29, 0.717) is 17.7 Å². The second-order valence-electron chi connectivity index (χ2n) is 4.87. The van der Waals surface area contributed by atoms with Crippen molar-refractivity contribution in [3.05, 3.63) is 35.1 Å². The Balaban J connectivity index is 2.87. The van der Waals surface area contributed by atoms with Gasteiger partial charge in [-0.2, -0.15) is 0 Å². The zero-order valence-electron chi connectivity index (χ0n) is 11.2. The zero-order valence-corrected chi connectivity index (χ0v) is 11.2. The average Bonchev–Trinajstić information content (AvgIpc) is 2.28. The molecule has 100 valence electrons. The predicted molar refractivity (Wildman–Crippen MR) is 71.0 cm³/mol. The van der Waals surface area contributed by atoms with Crippen LogP contribution in [0.4, 0.5) is 4.39 Å². The van der Waals surface area contributed by atoms with Gasteiger partial charge in [-0.25, -0.2) is 4.39 Å². The number of halogens is 1. The van der Waals surface area contributed by atoms with Crippen molar-refractivity contribution in [1.82, 2.24) is 5.32 Å². The van der Waals surface area contributed by atoms with Crippen molar-refractivity contribution in [2.45, 2.75) is 39.2 Å². The van der Waals surface area contributed by atoms with Gasteiger partial charge in [0.25, 0.3) is 5.91 Å². The molecule has 0 saturated carbocycles. The van der Waals surface area contributed by atoms with E-state index in [4.69, 9.17) is 5.73 Å². The van der Waals surface area contributed by atoms with Crippen LogP contribution >= 0.6 is 0 Å². The van der Waals surface area contributed by atoms with Gasteiger partial charge < -0.3 is 11.1 Å². The van der Waals surface area contributed by atoms with E-state index < -0.39 is 0 Å². The molecule has 0 bridgehead atoms. The molecule has 0 aromatic heterocycles. The highest BCUT2D eigenvalue weighted by Gasteiger charge is 2.24. The summed E-state index contributed by atoms with van der Waals surface area (Å²) in [6.45, 7) is 6.22. The average molecular weight is 252 g/mol. The summed E-state index contributed by atoms with van der Waals surface area (Å²) in [6, 6.07) is 4.17. The van der Waals surface area contributed by atoms with Crippen molar-refractivity contribution in [1.29, 1.82) is 0 Å². The van der Waals surface area contributed by atoms with Crippen LogP contribution in [0.15, 0.2) is 18.2 Å². The third-order valence-electron chi connectivity index (χ3n) is 3.32. The van der Waals surface area contributed by atoms with Gasteiger partial charge in [0.2, 0.25) is 0 Å². The molecule has 0 aliphatic rings. The molecule has 3 nitrogen and oxygen atoms in total. The van der Waals surface area contributed by atoms with Gasteiger partial charge in [0.15, 0.2) is 0 Å². The SMILES string of the molecule is CCC(C)(CCN)NC(=O)c1ccc(F)cc1C. The van der Waals surface area contributed by atoms with Crippen LogP contribution < -0.4 is 11.1 Å². The molecular weight excluding hydrogens is 231 g/mol. The van der Waals surface area contributed by atoms with Crippen LogP contribution in [0.5, 0.6) is 0 Å². The van der Waals surface area contributed by atoms with Crippen molar-refractivity contribution < 1.29 is 9.18 Å². The fourth-order valence-electron chi connectivity index (χ4n) is 1.87. The molecule has 1 aromatic carbocycles. The molecule has 0 spiro atoms. The quantitative estimate of drug-likeness (QED) is 0.845. The zero-order chi connectivity index (χ0) is 13.8. The van der Waals surface area contributed by atoms with Crippen molar-refractivity contribution in [3.8, 4) is 0 Å². The molecule has 1 rings (SSSR count). The molecule has 0 radical (unpaired) electrons. The van der Waals surface area contributed by atoms with E-state index in [-0.39, 0.29) is 17.3 Å². The predicted octanol–water partition coefficient (Wildman–Crippen LogP) is 2.38. The van der Waals surface area contributed by atoms with Crippen LogP contribution in [0.3, 0.4) is 0 Å². The van der Waals surface area contributed by atoms with E-state index in [1.54, 1.807) is 6.92 Å². The van der Waals surface area contributed by atoms with Crippen molar-refractivity contribution >= 4 is 5.91 Å². The van der Waals surface area contributed by atoms with Crippen LogP contribution in [0.1, 0.15) is 42.6 Å². The number of amides is 1. The van der Waals surface area contributed by atoms with Crippen molar-refractivity contribution in [2.75, 3.05) is 6.54 Å². The van der Waals surface area contributed by atoms with Gasteiger partial charge in [-0.05, 0) is 57.0 Å². The maximum Gasteiger partial charge on any atom is 0.251 e. The Morgan fingerprint density at radius 3 is 2.67 bits per heavy atom. The summed E-state index contributed by atoms with van der Waals surface area (Å²) >= 11 is 0. The molecule has 1 amide bonds. The highest BCUT2D eigenvalue weighted by atomic mass is 19.1. The molecule has 1 unspecified atom stereocenters. The number of benzene rings is 1. The Labute approximate surface area is 108 Å². The van der Waals surface area contributed by atoms with E-state index in [2.05, 4.69) is 5.32 Å². The lowest BCUT2D eigenvalue weighted by Crippen LogP contribution is -2.47. The second kappa shape index (κ2) is 5.96. The van der Waals surface area contributed by atoms with Crippen LogP contribution in [0.2, 0.25) is 0 Å². The highest BCUT2D eigenvalue weighted by Crippen LogP contribution is 2.16. The third kappa shape index (κ3) is 3.53. The van der Waals surface area contributed by atoms with Gasteiger partial charge in [-0.3, -0.25) is 4.79 Å². The van der Waals surface area contributed by atoms with Gasteiger partial charge in [0.05, 0.1) is 0 Å². The van der Waals surface area contributed by atoms with Gasteiger partial charge in [0, 0.05) is 11.1 Å². The summed E-state index contributed by atoms with van der Waals surface area (Å²) in [5.74, 6) is -0.505. The molecule has 18 heavy (non-hydrogen) atoms. The first-order chi connectivity index (χ1) is 8.41. The van der Waals surface area contributed by atoms with E-state index in [1.165, 1.54) is 18.2 Å². The van der Waals surface area contributed by atoms with Crippen LogP contribution in [-0.4, -0.2) is 18.0 Å². The second-order valence-corrected chi connectivity index (χ2v) is 4.87. The number of carbonyl (C=O) groups is 1. The standard InChI is InChI=1S/C14H21FN2O/c1-4-14(3,7-8-16)17-13(18)12-6-5-11(15)9-10(12)2/h5-6,9H,4,7-8,16H2,1-3H3,(H,17,18). The summed E-state index contributed by atoms with van der Waals surface area (Å²) in [5, 5.41) is 2.98. The van der Waals surface area contributed by atoms with E-state index in [1.807, 2.05) is 13.8 Å². The molecule has 0 saturated heterocycles. The van der Waals surface area contributed by atoms with Gasteiger partial charge in [-0.1, -0.05) is 6.92 Å². The number of hydrogen-bond acceptors (Lipinski definition) is 2. The van der Waals surface area contributed by atoms with Gasteiger partial charge in [0.1, 0.15) is 5.82 Å². The minimum absolute atomic E-state index is 0.176. The molecule has 0 fully saturated rings. The normalized spacial score (nSPS) is 14.1. The maximum atomic E-state index is 13.0. The van der Waals surface area contributed by atoms with E-state index >= 15 is 0 Å². The highest BCUT2D eigenvalue weighted by molar-refractivity contribution is 5.96. The Bertz CT molecular complexity index is 434. The largest absolute Gasteiger partial charge is 0.347 e. The lowest BCUT2D eigenvalue weighted by atomic mass is 9.93. The Kier molecular flexibility index (Phi) is 4.84. The fraction of sp³-hybridized carbons (Fsp3) is 0.500. The molecule has 4 heteroatoms. The lowest BCUT2D eigenvalue weighted by molar-refractivity contribution is 0.0899. The number of hydrogen-bond donors (Lipinski definition) is 2. The lowest BCUT2D eigenvalue weighted by Gasteiger charge is -2.29. The summed E-state index contributed by atoms with van der Waals surface area (Å²) in [7, 11) is 0. The Morgan fingerprint density at radius 2 is 2.17 bits per heavy atom. The molecule has 0 heterocycles. The molecule has 0 aliphatic heterocycles. The van der Waals surface area contributed by atoms with Crippen molar-refractivity contribution in [3.63, 3.8) is 0 Å². The van der Waals surface area contributed by atoms with Gasteiger partial charge >= 0.3 is 0 Å². The summed E-state index contributed by atoms with van der Waals surface area (Å²) < 4.78 is 13.0. The Morgan fingerprint density at radius 1 is 1.50 bits per heavy atom. The number of aryl methyl sites for hydroxylation is 1. The number of nitrogens with one attached hydrogen (secondary N) is 1. The fourth-order valence-corrected chi connectivity index (χ4v) is 1.87. The maximum absolute atomic E-state index is 13.0. The molecule has 1 atom stereocenters. The monoisotopic (exact) mass is 252 g/mol. The topological polar surface area (TPSA) is 55.1 Å². The van der Waals surface area contributed by atoms with E-state index in [0.717, 1.165) is 12.8 Å².